The number of ketones is 1. The molecule has 1 aromatic carbocycles. The molecular formula is C20H26FN3O2. The van der Waals surface area contributed by atoms with Gasteiger partial charge >= 0.3 is 0 Å². The van der Waals surface area contributed by atoms with Crippen LogP contribution in [0.4, 0.5) is 4.39 Å². The lowest BCUT2D eigenvalue weighted by Crippen LogP contribution is -2.51. The van der Waals surface area contributed by atoms with Crippen LogP contribution in [0.2, 0.25) is 0 Å². The monoisotopic (exact) mass is 359 g/mol. The number of nitrogens with zero attached hydrogens (tertiary/aromatic N) is 1. The molecule has 4 atom stereocenters. The van der Waals surface area contributed by atoms with Crippen LogP contribution in [0.15, 0.2) is 24.3 Å². The Morgan fingerprint density at radius 2 is 1.85 bits per heavy atom. The van der Waals surface area contributed by atoms with Gasteiger partial charge in [-0.3, -0.25) is 15.0 Å². The minimum Gasteiger partial charge on any atom is -0.341 e. The summed E-state index contributed by atoms with van der Waals surface area (Å²) in [7, 11) is 0. The second-order valence-electron chi connectivity index (χ2n) is 7.79. The number of piperidine rings is 1. The number of benzene rings is 1. The topological polar surface area (TPSA) is 61.4 Å². The Labute approximate surface area is 153 Å². The van der Waals surface area contributed by atoms with E-state index in [1.165, 1.54) is 25.0 Å². The van der Waals surface area contributed by atoms with Crippen molar-refractivity contribution in [1.29, 1.82) is 0 Å². The number of Topliss-reactive ketones (excluding diaryl/α,β-unsaturated/α-hetero) is 1. The van der Waals surface area contributed by atoms with Crippen LogP contribution >= 0.6 is 0 Å². The van der Waals surface area contributed by atoms with Gasteiger partial charge in [0.05, 0.1) is 5.56 Å². The fourth-order valence-corrected chi connectivity index (χ4v) is 4.76. The quantitative estimate of drug-likeness (QED) is 0.813. The van der Waals surface area contributed by atoms with Gasteiger partial charge in [-0.1, -0.05) is 25.0 Å². The molecule has 3 fully saturated rings. The lowest BCUT2D eigenvalue weighted by Gasteiger charge is -2.35. The molecule has 5 nitrogen and oxygen atoms in total. The van der Waals surface area contributed by atoms with Gasteiger partial charge in [-0.2, -0.15) is 0 Å². The Morgan fingerprint density at radius 3 is 2.69 bits per heavy atom. The molecule has 2 aliphatic heterocycles. The third-order valence-corrected chi connectivity index (χ3v) is 6.18. The molecule has 0 bridgehead atoms. The van der Waals surface area contributed by atoms with Crippen LogP contribution in [0.1, 0.15) is 48.9 Å². The minimum atomic E-state index is -0.479. The summed E-state index contributed by atoms with van der Waals surface area (Å²) in [5.41, 5.74) is 6.62. The van der Waals surface area contributed by atoms with Gasteiger partial charge in [-0.05, 0) is 37.8 Å². The van der Waals surface area contributed by atoms with Crippen LogP contribution in [-0.2, 0) is 4.79 Å². The Bertz CT molecular complexity index is 695. The molecule has 6 heteroatoms. The average molecular weight is 359 g/mol. The molecule has 0 spiro atoms. The van der Waals surface area contributed by atoms with Gasteiger partial charge in [-0.15, -0.1) is 0 Å². The minimum absolute atomic E-state index is 0.0814. The summed E-state index contributed by atoms with van der Waals surface area (Å²) in [5.74, 6) is -0.570. The summed E-state index contributed by atoms with van der Waals surface area (Å²) in [6.07, 6.45) is 6.04. The van der Waals surface area contributed by atoms with E-state index in [0.29, 0.717) is 31.5 Å². The highest BCUT2D eigenvalue weighted by Crippen LogP contribution is 2.32. The van der Waals surface area contributed by atoms with Crippen LogP contribution in [0.3, 0.4) is 0 Å². The van der Waals surface area contributed by atoms with Crippen molar-refractivity contribution >= 4 is 11.7 Å². The molecule has 0 aromatic heterocycles. The first kappa shape index (κ1) is 17.6. The molecular weight excluding hydrogens is 333 g/mol. The highest BCUT2D eigenvalue weighted by atomic mass is 19.1. The number of fused-ring (bicyclic) bond motifs is 1. The average Bonchev–Trinajstić information content (AvgIpc) is 3.11. The molecule has 4 unspecified atom stereocenters. The maximum Gasteiger partial charge on any atom is 0.241 e. The summed E-state index contributed by atoms with van der Waals surface area (Å²) in [4.78, 5) is 27.6. The number of rotatable bonds is 3. The summed E-state index contributed by atoms with van der Waals surface area (Å²) >= 11 is 0. The Morgan fingerprint density at radius 1 is 1.04 bits per heavy atom. The van der Waals surface area contributed by atoms with Crippen LogP contribution in [0, 0.1) is 17.7 Å². The van der Waals surface area contributed by atoms with Crippen LogP contribution in [-0.4, -0.2) is 41.8 Å². The number of hydrogen-bond acceptors (Lipinski definition) is 4. The molecule has 1 saturated carbocycles. The fourth-order valence-electron chi connectivity index (χ4n) is 4.76. The third kappa shape index (κ3) is 3.28. The second kappa shape index (κ2) is 7.45. The molecule has 1 aromatic rings. The molecule has 26 heavy (non-hydrogen) atoms. The zero-order chi connectivity index (χ0) is 18.1. The van der Waals surface area contributed by atoms with Gasteiger partial charge in [0.25, 0.3) is 0 Å². The number of likely N-dealkylation sites (tertiary alicyclic amines) is 1. The lowest BCUT2D eigenvalue weighted by atomic mass is 9.81. The normalized spacial score (nSPS) is 31.5. The van der Waals surface area contributed by atoms with Crippen LogP contribution < -0.4 is 10.9 Å². The molecule has 140 valence electrons. The summed E-state index contributed by atoms with van der Waals surface area (Å²) in [6.45, 7) is 1.07. The van der Waals surface area contributed by atoms with Crippen molar-refractivity contribution in [2.75, 3.05) is 13.1 Å². The van der Waals surface area contributed by atoms with E-state index in [0.717, 1.165) is 19.3 Å². The first-order chi connectivity index (χ1) is 12.6. The van der Waals surface area contributed by atoms with Gasteiger partial charge in [0.2, 0.25) is 5.91 Å². The van der Waals surface area contributed by atoms with Gasteiger partial charge in [0.1, 0.15) is 11.9 Å². The SMILES string of the molecule is O=C(c1ccccc1F)C1CCCN(C(=O)C2NNC3CCCCC32)C1. The molecule has 2 N–H and O–H groups in total. The van der Waals surface area contributed by atoms with Gasteiger partial charge < -0.3 is 4.90 Å². The Balaban J connectivity index is 1.44. The van der Waals surface area contributed by atoms with Gasteiger partial charge in [0, 0.05) is 31.0 Å². The van der Waals surface area contributed by atoms with E-state index in [-0.39, 0.29) is 29.2 Å². The number of nitrogens with one attached hydrogen (secondary N) is 2. The van der Waals surface area contributed by atoms with Crippen molar-refractivity contribution in [3.63, 3.8) is 0 Å². The maximum atomic E-state index is 14.0. The van der Waals surface area contributed by atoms with E-state index >= 15 is 0 Å². The Kier molecular flexibility index (Phi) is 5.05. The number of halogens is 1. The van der Waals surface area contributed by atoms with Crippen molar-refractivity contribution in [3.05, 3.63) is 35.6 Å². The number of carbonyl (C=O) groups excluding carboxylic acids is 2. The van der Waals surface area contributed by atoms with Crippen molar-refractivity contribution < 1.29 is 14.0 Å². The van der Waals surface area contributed by atoms with Crippen molar-refractivity contribution in [2.24, 2.45) is 11.8 Å². The first-order valence-corrected chi connectivity index (χ1v) is 9.74. The van der Waals surface area contributed by atoms with E-state index in [1.807, 2.05) is 4.90 Å². The van der Waals surface area contributed by atoms with Crippen molar-refractivity contribution in [1.82, 2.24) is 15.8 Å². The van der Waals surface area contributed by atoms with Crippen LogP contribution in [0.25, 0.3) is 0 Å². The smallest absolute Gasteiger partial charge is 0.241 e. The van der Waals surface area contributed by atoms with E-state index in [1.54, 1.807) is 12.1 Å². The van der Waals surface area contributed by atoms with Gasteiger partial charge in [0.15, 0.2) is 5.78 Å². The highest BCUT2D eigenvalue weighted by Gasteiger charge is 2.43. The molecule has 2 heterocycles. The lowest BCUT2D eigenvalue weighted by molar-refractivity contribution is -0.135. The molecule has 4 rings (SSSR count). The Hall–Kier alpha value is -1.79. The zero-order valence-corrected chi connectivity index (χ0v) is 14.9. The standard InChI is InChI=1S/C20H26FN3O2/c21-16-9-3-1-7-14(16)19(25)13-6-5-11-24(12-13)20(26)18-15-8-2-4-10-17(15)22-23-18/h1,3,7,9,13,15,17-18,22-23H,2,4-6,8,10-12H2. The predicted molar refractivity (Wildman–Crippen MR) is 95.8 cm³/mol. The highest BCUT2D eigenvalue weighted by molar-refractivity contribution is 5.98. The number of amides is 1. The largest absolute Gasteiger partial charge is 0.341 e. The van der Waals surface area contributed by atoms with Crippen LogP contribution in [0.5, 0.6) is 0 Å². The van der Waals surface area contributed by atoms with Crippen molar-refractivity contribution in [3.8, 4) is 0 Å². The first-order valence-electron chi connectivity index (χ1n) is 9.74. The summed E-state index contributed by atoms with van der Waals surface area (Å²) in [5, 5.41) is 0. The fraction of sp³-hybridized carbons (Fsp3) is 0.600. The molecule has 2 saturated heterocycles. The number of hydrogen-bond donors (Lipinski definition) is 2. The summed E-state index contributed by atoms with van der Waals surface area (Å²) < 4.78 is 14.0. The second-order valence-corrected chi connectivity index (χ2v) is 7.79. The molecule has 1 amide bonds. The zero-order valence-electron chi connectivity index (χ0n) is 14.9. The number of carbonyl (C=O) groups is 2. The van der Waals surface area contributed by atoms with E-state index in [2.05, 4.69) is 10.9 Å². The number of hydrazine groups is 1. The van der Waals surface area contributed by atoms with Crippen molar-refractivity contribution in [2.45, 2.75) is 50.6 Å². The predicted octanol–water partition coefficient (Wildman–Crippen LogP) is 2.28. The van der Waals surface area contributed by atoms with E-state index in [4.69, 9.17) is 0 Å². The van der Waals surface area contributed by atoms with E-state index in [9.17, 15) is 14.0 Å². The molecule has 1 aliphatic carbocycles. The summed E-state index contributed by atoms with van der Waals surface area (Å²) in [6, 6.07) is 6.28. The molecule has 3 aliphatic rings. The molecule has 0 radical (unpaired) electrons. The maximum absolute atomic E-state index is 14.0. The van der Waals surface area contributed by atoms with Gasteiger partial charge in [-0.25, -0.2) is 9.82 Å². The van der Waals surface area contributed by atoms with E-state index < -0.39 is 5.82 Å². The third-order valence-electron chi connectivity index (χ3n) is 6.18.